The molecule has 1 aromatic rings. The Kier molecular flexibility index (Phi) is 4.73. The van der Waals surface area contributed by atoms with Crippen molar-refractivity contribution in [3.05, 3.63) is 29.3 Å². The van der Waals surface area contributed by atoms with Gasteiger partial charge in [-0.3, -0.25) is 0 Å². The third-order valence-electron chi connectivity index (χ3n) is 1.99. The van der Waals surface area contributed by atoms with E-state index in [1.54, 1.807) is 12.1 Å². The number of rotatable bonds is 5. The molecular formula is C10H14ClNO3S. The zero-order valence-corrected chi connectivity index (χ0v) is 10.5. The van der Waals surface area contributed by atoms with Crippen LogP contribution in [0, 0.1) is 0 Å². The predicted molar refractivity (Wildman–Crippen MR) is 63.4 cm³/mol. The van der Waals surface area contributed by atoms with Gasteiger partial charge in [-0.1, -0.05) is 23.7 Å². The van der Waals surface area contributed by atoms with Crippen molar-refractivity contribution in [2.45, 2.75) is 10.9 Å². The molecule has 2 N–H and O–H groups in total. The molecule has 0 saturated carbocycles. The van der Waals surface area contributed by atoms with Crippen molar-refractivity contribution in [3.63, 3.8) is 0 Å². The summed E-state index contributed by atoms with van der Waals surface area (Å²) in [5, 5.41) is 0.215. The first-order valence-electron chi connectivity index (χ1n) is 4.69. The van der Waals surface area contributed by atoms with E-state index < -0.39 is 15.9 Å². The highest BCUT2D eigenvalue weighted by Gasteiger charge is 2.20. The van der Waals surface area contributed by atoms with Gasteiger partial charge < -0.3 is 10.5 Å². The molecule has 0 aliphatic carbocycles. The summed E-state index contributed by atoms with van der Waals surface area (Å²) in [6, 6.07) is 5.76. The van der Waals surface area contributed by atoms with E-state index in [0.29, 0.717) is 0 Å². The lowest BCUT2D eigenvalue weighted by Gasteiger charge is -2.11. The minimum Gasteiger partial charge on any atom is -0.383 e. The Morgan fingerprint density at radius 2 is 2.06 bits per heavy atom. The van der Waals surface area contributed by atoms with E-state index in [1.807, 2.05) is 0 Å². The minimum absolute atomic E-state index is 0.114. The first-order valence-corrected chi connectivity index (χ1v) is 6.72. The second kappa shape index (κ2) is 5.63. The Labute approximate surface area is 100 Å². The summed E-state index contributed by atoms with van der Waals surface area (Å²) in [5.74, 6) is -0.176. The first kappa shape index (κ1) is 13.4. The van der Waals surface area contributed by atoms with E-state index in [0.717, 1.165) is 0 Å². The molecule has 0 fully saturated rings. The summed E-state index contributed by atoms with van der Waals surface area (Å²) in [5.41, 5.74) is 5.61. The Morgan fingerprint density at radius 1 is 1.44 bits per heavy atom. The maximum absolute atomic E-state index is 11.9. The summed E-state index contributed by atoms with van der Waals surface area (Å²) in [7, 11) is -1.98. The summed E-state index contributed by atoms with van der Waals surface area (Å²) >= 11 is 5.82. The van der Waals surface area contributed by atoms with Crippen molar-refractivity contribution in [2.75, 3.05) is 19.5 Å². The Hall–Kier alpha value is -0.620. The van der Waals surface area contributed by atoms with Crippen molar-refractivity contribution in [2.24, 2.45) is 5.73 Å². The highest BCUT2D eigenvalue weighted by Crippen LogP contribution is 2.21. The van der Waals surface area contributed by atoms with Gasteiger partial charge >= 0.3 is 0 Å². The SMILES string of the molecule is COCC(N)CS(=O)(=O)c1ccccc1Cl. The van der Waals surface area contributed by atoms with E-state index in [9.17, 15) is 8.42 Å². The number of hydrogen-bond acceptors (Lipinski definition) is 4. The molecule has 90 valence electrons. The number of ether oxygens (including phenoxy) is 1. The van der Waals surface area contributed by atoms with Crippen LogP contribution in [0.15, 0.2) is 29.2 Å². The molecule has 1 rings (SSSR count). The molecule has 1 atom stereocenters. The highest BCUT2D eigenvalue weighted by atomic mass is 35.5. The van der Waals surface area contributed by atoms with E-state index in [-0.39, 0.29) is 22.3 Å². The van der Waals surface area contributed by atoms with Crippen molar-refractivity contribution in [1.82, 2.24) is 0 Å². The van der Waals surface area contributed by atoms with E-state index in [1.165, 1.54) is 19.2 Å². The van der Waals surface area contributed by atoms with Crippen molar-refractivity contribution < 1.29 is 13.2 Å². The molecule has 0 aromatic heterocycles. The minimum atomic E-state index is -3.45. The molecule has 16 heavy (non-hydrogen) atoms. The topological polar surface area (TPSA) is 69.4 Å². The van der Waals surface area contributed by atoms with Crippen LogP contribution in [0.5, 0.6) is 0 Å². The monoisotopic (exact) mass is 263 g/mol. The summed E-state index contributed by atoms with van der Waals surface area (Å²) in [6.07, 6.45) is 0. The van der Waals surface area contributed by atoms with Crippen LogP contribution in [0.4, 0.5) is 0 Å². The van der Waals surface area contributed by atoms with Crippen molar-refractivity contribution in [3.8, 4) is 0 Å². The lowest BCUT2D eigenvalue weighted by molar-refractivity contribution is 0.186. The first-order chi connectivity index (χ1) is 7.47. The summed E-state index contributed by atoms with van der Waals surface area (Å²) in [4.78, 5) is 0.114. The number of methoxy groups -OCH3 is 1. The molecule has 1 aromatic carbocycles. The largest absolute Gasteiger partial charge is 0.383 e. The Bertz CT molecular complexity index is 447. The molecule has 1 unspecified atom stereocenters. The number of benzene rings is 1. The van der Waals surface area contributed by atoms with Gasteiger partial charge in [0.15, 0.2) is 9.84 Å². The smallest absolute Gasteiger partial charge is 0.181 e. The normalized spacial score (nSPS) is 13.7. The van der Waals surface area contributed by atoms with Gasteiger partial charge in [0.05, 0.1) is 22.3 Å². The second-order valence-corrected chi connectivity index (χ2v) is 5.84. The van der Waals surface area contributed by atoms with Gasteiger partial charge in [0.1, 0.15) is 0 Å². The van der Waals surface area contributed by atoms with E-state index >= 15 is 0 Å². The lowest BCUT2D eigenvalue weighted by atomic mass is 10.4. The molecule has 0 aliphatic rings. The van der Waals surface area contributed by atoms with Crippen LogP contribution in [0.2, 0.25) is 5.02 Å². The van der Waals surface area contributed by atoms with Gasteiger partial charge in [0, 0.05) is 13.2 Å². The van der Waals surface area contributed by atoms with Crippen molar-refractivity contribution in [1.29, 1.82) is 0 Å². The average molecular weight is 264 g/mol. The van der Waals surface area contributed by atoms with Crippen LogP contribution >= 0.6 is 11.6 Å². The van der Waals surface area contributed by atoms with Crippen molar-refractivity contribution >= 4 is 21.4 Å². The number of sulfone groups is 1. The van der Waals surface area contributed by atoms with Crippen LogP contribution in [0.1, 0.15) is 0 Å². The van der Waals surface area contributed by atoms with Crippen LogP contribution in [0.25, 0.3) is 0 Å². The maximum Gasteiger partial charge on any atom is 0.181 e. The highest BCUT2D eigenvalue weighted by molar-refractivity contribution is 7.91. The van der Waals surface area contributed by atoms with Gasteiger partial charge in [-0.05, 0) is 12.1 Å². The predicted octanol–water partition coefficient (Wildman–Crippen LogP) is 1.09. The van der Waals surface area contributed by atoms with E-state index in [4.69, 9.17) is 22.1 Å². The third kappa shape index (κ3) is 3.45. The number of hydrogen-bond donors (Lipinski definition) is 1. The van der Waals surface area contributed by atoms with Gasteiger partial charge in [-0.2, -0.15) is 0 Å². The van der Waals surface area contributed by atoms with E-state index in [2.05, 4.69) is 0 Å². The molecule has 0 radical (unpaired) electrons. The molecule has 6 heteroatoms. The quantitative estimate of drug-likeness (QED) is 0.863. The van der Waals surface area contributed by atoms with Crippen LogP contribution < -0.4 is 5.73 Å². The zero-order chi connectivity index (χ0) is 12.2. The standard InChI is InChI=1S/C10H14ClNO3S/c1-15-6-8(12)7-16(13,14)10-5-3-2-4-9(10)11/h2-5,8H,6-7,12H2,1H3. The fourth-order valence-corrected chi connectivity index (χ4v) is 3.31. The molecule has 0 spiro atoms. The van der Waals surface area contributed by atoms with Gasteiger partial charge in [0.25, 0.3) is 0 Å². The number of halogens is 1. The Morgan fingerprint density at radius 3 is 2.62 bits per heavy atom. The fourth-order valence-electron chi connectivity index (χ4n) is 1.33. The summed E-state index contributed by atoms with van der Waals surface area (Å²) < 4.78 is 28.6. The van der Waals surface area contributed by atoms with Crippen LogP contribution in [-0.2, 0) is 14.6 Å². The average Bonchev–Trinajstić information content (AvgIpc) is 2.17. The van der Waals surface area contributed by atoms with Gasteiger partial charge in [0.2, 0.25) is 0 Å². The molecule has 0 bridgehead atoms. The molecule has 0 heterocycles. The molecule has 0 saturated heterocycles. The van der Waals surface area contributed by atoms with Gasteiger partial charge in [-0.25, -0.2) is 8.42 Å². The Balaban J connectivity index is 2.91. The molecule has 4 nitrogen and oxygen atoms in total. The van der Waals surface area contributed by atoms with Crippen LogP contribution in [-0.4, -0.2) is 33.9 Å². The second-order valence-electron chi connectivity index (χ2n) is 3.43. The van der Waals surface area contributed by atoms with Crippen LogP contribution in [0.3, 0.4) is 0 Å². The maximum atomic E-state index is 11.9. The third-order valence-corrected chi connectivity index (χ3v) is 4.32. The molecule has 0 amide bonds. The number of nitrogens with two attached hydrogens (primary N) is 1. The fraction of sp³-hybridized carbons (Fsp3) is 0.400. The lowest BCUT2D eigenvalue weighted by Crippen LogP contribution is -2.33. The summed E-state index contributed by atoms with van der Waals surface area (Å²) in [6.45, 7) is 0.198. The molecule has 0 aliphatic heterocycles. The zero-order valence-electron chi connectivity index (χ0n) is 8.89. The van der Waals surface area contributed by atoms with Gasteiger partial charge in [-0.15, -0.1) is 0 Å². The molecular weight excluding hydrogens is 250 g/mol.